The number of anilines is 1. The molecule has 0 saturated heterocycles. The Morgan fingerprint density at radius 1 is 0.975 bits per heavy atom. The summed E-state index contributed by atoms with van der Waals surface area (Å²) in [4.78, 5) is 28.2. The van der Waals surface area contributed by atoms with E-state index in [9.17, 15) is 22.4 Å². The van der Waals surface area contributed by atoms with Gasteiger partial charge in [-0.15, -0.1) is 0 Å². The van der Waals surface area contributed by atoms with Crippen LogP contribution in [0, 0.1) is 5.82 Å². The highest BCUT2D eigenvalue weighted by atomic mass is 35.5. The number of ether oxygens (including phenoxy) is 1. The van der Waals surface area contributed by atoms with E-state index in [0.29, 0.717) is 22.8 Å². The third-order valence-corrected chi connectivity index (χ3v) is 8.52. The summed E-state index contributed by atoms with van der Waals surface area (Å²) >= 11 is 6.02. The number of methoxy groups -OCH3 is 1. The largest absolute Gasteiger partial charge is 0.497 e. The second-order valence-electron chi connectivity index (χ2n) is 9.31. The number of carbonyl (C=O) groups is 2. The summed E-state index contributed by atoms with van der Waals surface area (Å²) in [7, 11) is -2.82. The molecule has 0 fully saturated rings. The summed E-state index contributed by atoms with van der Waals surface area (Å²) < 4.78 is 47.3. The molecule has 3 rings (SSSR count). The van der Waals surface area contributed by atoms with Crippen LogP contribution in [0.5, 0.6) is 5.75 Å². The van der Waals surface area contributed by atoms with Crippen LogP contribution in [0.15, 0.2) is 77.7 Å². The van der Waals surface area contributed by atoms with Crippen LogP contribution in [0.25, 0.3) is 0 Å². The molecule has 0 spiro atoms. The number of nitrogens with one attached hydrogen (secondary N) is 1. The fraction of sp³-hybridized carbons (Fsp3) is 0.310. The molecule has 2 atom stereocenters. The van der Waals surface area contributed by atoms with Gasteiger partial charge in [-0.25, -0.2) is 12.8 Å². The van der Waals surface area contributed by atoms with Gasteiger partial charge in [0.25, 0.3) is 10.0 Å². The minimum absolute atomic E-state index is 0.0327. The molecule has 2 unspecified atom stereocenters. The number of halogens is 2. The van der Waals surface area contributed by atoms with E-state index >= 15 is 0 Å². The van der Waals surface area contributed by atoms with E-state index in [1.165, 1.54) is 48.4 Å². The molecule has 1 N–H and O–H groups in total. The number of nitrogens with zero attached hydrogens (tertiary/aromatic N) is 2. The van der Waals surface area contributed by atoms with Crippen molar-refractivity contribution in [1.29, 1.82) is 0 Å². The number of rotatable bonds is 12. The van der Waals surface area contributed by atoms with Gasteiger partial charge < -0.3 is 15.0 Å². The molecule has 2 amide bonds. The quantitative estimate of drug-likeness (QED) is 0.320. The molecule has 0 bridgehead atoms. The van der Waals surface area contributed by atoms with Crippen molar-refractivity contribution in [3.63, 3.8) is 0 Å². The first-order chi connectivity index (χ1) is 19.0. The summed E-state index contributed by atoms with van der Waals surface area (Å²) in [6.07, 6.45) is 0.696. The van der Waals surface area contributed by atoms with E-state index in [4.69, 9.17) is 16.3 Å². The molecule has 0 aromatic heterocycles. The Kier molecular flexibility index (Phi) is 10.5. The van der Waals surface area contributed by atoms with Crippen LogP contribution in [0.3, 0.4) is 0 Å². The van der Waals surface area contributed by atoms with Gasteiger partial charge >= 0.3 is 0 Å². The van der Waals surface area contributed by atoms with Gasteiger partial charge in [-0.2, -0.15) is 0 Å². The third kappa shape index (κ3) is 7.73. The van der Waals surface area contributed by atoms with Crippen LogP contribution in [-0.4, -0.2) is 50.9 Å². The van der Waals surface area contributed by atoms with Crippen molar-refractivity contribution in [3.8, 4) is 5.75 Å². The van der Waals surface area contributed by atoms with E-state index < -0.39 is 34.3 Å². The van der Waals surface area contributed by atoms with Crippen LogP contribution in [0.2, 0.25) is 5.02 Å². The maximum Gasteiger partial charge on any atom is 0.264 e. The van der Waals surface area contributed by atoms with Gasteiger partial charge in [-0.1, -0.05) is 30.7 Å². The van der Waals surface area contributed by atoms with Gasteiger partial charge in [0, 0.05) is 17.6 Å². The van der Waals surface area contributed by atoms with Gasteiger partial charge in [0.1, 0.15) is 24.2 Å². The number of hydrogen-bond acceptors (Lipinski definition) is 5. The van der Waals surface area contributed by atoms with E-state index in [-0.39, 0.29) is 29.1 Å². The van der Waals surface area contributed by atoms with Crippen molar-refractivity contribution < 1.29 is 27.1 Å². The van der Waals surface area contributed by atoms with E-state index in [1.807, 2.05) is 13.8 Å². The predicted octanol–water partition coefficient (Wildman–Crippen LogP) is 5.02. The molecule has 0 heterocycles. The predicted molar refractivity (Wildman–Crippen MR) is 153 cm³/mol. The third-order valence-electron chi connectivity index (χ3n) is 6.48. The van der Waals surface area contributed by atoms with Crippen LogP contribution < -0.4 is 14.4 Å². The molecular weight excluding hydrogens is 557 g/mol. The van der Waals surface area contributed by atoms with Gasteiger partial charge in [0.2, 0.25) is 11.8 Å². The van der Waals surface area contributed by atoms with E-state index in [0.717, 1.165) is 16.4 Å². The first kappa shape index (κ1) is 30.9. The molecule has 0 saturated carbocycles. The maximum atomic E-state index is 13.9. The summed E-state index contributed by atoms with van der Waals surface area (Å²) in [6, 6.07) is 16.3. The van der Waals surface area contributed by atoms with Crippen molar-refractivity contribution in [2.24, 2.45) is 0 Å². The van der Waals surface area contributed by atoms with Crippen LogP contribution >= 0.6 is 11.6 Å². The van der Waals surface area contributed by atoms with Crippen molar-refractivity contribution in [2.45, 2.75) is 50.7 Å². The molecule has 3 aromatic carbocycles. The highest BCUT2D eigenvalue weighted by Gasteiger charge is 2.32. The first-order valence-electron chi connectivity index (χ1n) is 12.7. The van der Waals surface area contributed by atoms with Gasteiger partial charge in [0.05, 0.1) is 17.7 Å². The van der Waals surface area contributed by atoms with Gasteiger partial charge in [-0.05, 0) is 86.5 Å². The second kappa shape index (κ2) is 13.6. The Bertz CT molecular complexity index is 1400. The Labute approximate surface area is 239 Å². The lowest BCUT2D eigenvalue weighted by Gasteiger charge is -2.32. The standard InChI is InChI=1S/C29H33ClFN3O5S/c1-5-20(2)32-29(36)21(3)33(18-22-6-8-23(30)9-7-22)28(35)19-34(25-12-10-24(31)11-13-25)40(37,38)27-16-14-26(39-4)15-17-27/h6-17,20-21H,5,18-19H2,1-4H3,(H,32,36). The minimum Gasteiger partial charge on any atom is -0.497 e. The molecule has 40 heavy (non-hydrogen) atoms. The summed E-state index contributed by atoms with van der Waals surface area (Å²) in [5.41, 5.74) is 0.793. The van der Waals surface area contributed by atoms with Crippen molar-refractivity contribution in [1.82, 2.24) is 10.2 Å². The average Bonchev–Trinajstić information content (AvgIpc) is 2.95. The molecule has 8 nitrogen and oxygen atoms in total. The van der Waals surface area contributed by atoms with Crippen molar-refractivity contribution in [2.75, 3.05) is 18.0 Å². The zero-order valence-electron chi connectivity index (χ0n) is 22.8. The van der Waals surface area contributed by atoms with Gasteiger partial charge in [-0.3, -0.25) is 13.9 Å². The Morgan fingerprint density at radius 3 is 2.12 bits per heavy atom. The smallest absolute Gasteiger partial charge is 0.264 e. The van der Waals surface area contributed by atoms with Crippen LogP contribution in [0.1, 0.15) is 32.8 Å². The zero-order chi connectivity index (χ0) is 29.4. The van der Waals surface area contributed by atoms with E-state index in [1.54, 1.807) is 31.2 Å². The molecule has 0 aliphatic heterocycles. The maximum absolute atomic E-state index is 13.9. The number of carbonyl (C=O) groups excluding carboxylic acids is 2. The summed E-state index contributed by atoms with van der Waals surface area (Å²) in [5.74, 6) is -1.10. The zero-order valence-corrected chi connectivity index (χ0v) is 24.4. The topological polar surface area (TPSA) is 96.0 Å². The lowest BCUT2D eigenvalue weighted by atomic mass is 10.1. The molecule has 0 aliphatic carbocycles. The van der Waals surface area contributed by atoms with Crippen molar-refractivity contribution in [3.05, 3.63) is 89.2 Å². The normalized spacial score (nSPS) is 12.8. The number of hydrogen-bond donors (Lipinski definition) is 1. The lowest BCUT2D eigenvalue weighted by molar-refractivity contribution is -0.139. The molecule has 3 aromatic rings. The van der Waals surface area contributed by atoms with Crippen LogP contribution in [-0.2, 0) is 26.2 Å². The SMILES string of the molecule is CCC(C)NC(=O)C(C)N(Cc1ccc(Cl)cc1)C(=O)CN(c1ccc(F)cc1)S(=O)(=O)c1ccc(OC)cc1. The average molecular weight is 590 g/mol. The number of benzene rings is 3. The summed E-state index contributed by atoms with van der Waals surface area (Å²) in [6.45, 7) is 4.77. The van der Waals surface area contributed by atoms with Crippen LogP contribution in [0.4, 0.5) is 10.1 Å². The molecule has 11 heteroatoms. The molecule has 214 valence electrons. The van der Waals surface area contributed by atoms with Gasteiger partial charge in [0.15, 0.2) is 0 Å². The highest BCUT2D eigenvalue weighted by Crippen LogP contribution is 2.26. The second-order valence-corrected chi connectivity index (χ2v) is 11.6. The Hall–Kier alpha value is -3.63. The molecule has 0 aliphatic rings. The monoisotopic (exact) mass is 589 g/mol. The minimum atomic E-state index is -4.28. The summed E-state index contributed by atoms with van der Waals surface area (Å²) in [5, 5.41) is 3.39. The number of amides is 2. The fourth-order valence-corrected chi connectivity index (χ4v) is 5.39. The number of sulfonamides is 1. The Balaban J connectivity index is 2.01. The Morgan fingerprint density at radius 2 is 1.57 bits per heavy atom. The molecular formula is C29H33ClFN3O5S. The highest BCUT2D eigenvalue weighted by molar-refractivity contribution is 7.92. The first-order valence-corrected chi connectivity index (χ1v) is 14.5. The lowest BCUT2D eigenvalue weighted by Crippen LogP contribution is -2.52. The molecule has 0 radical (unpaired) electrons. The van der Waals surface area contributed by atoms with E-state index in [2.05, 4.69) is 5.32 Å². The van der Waals surface area contributed by atoms with Crippen molar-refractivity contribution >= 4 is 39.1 Å². The fourth-order valence-electron chi connectivity index (χ4n) is 3.85.